The molecule has 0 atom stereocenters. The zero-order valence-corrected chi connectivity index (χ0v) is 16.5. The minimum atomic E-state index is -0.385. The van der Waals surface area contributed by atoms with Gasteiger partial charge < -0.3 is 9.15 Å². The Morgan fingerprint density at radius 2 is 1.86 bits per heavy atom. The highest BCUT2D eigenvalue weighted by Crippen LogP contribution is 2.18. The van der Waals surface area contributed by atoms with Gasteiger partial charge in [0.15, 0.2) is 11.4 Å². The summed E-state index contributed by atoms with van der Waals surface area (Å²) in [7, 11) is 1.61. The summed E-state index contributed by atoms with van der Waals surface area (Å²) < 4.78 is 12.2. The molecule has 29 heavy (non-hydrogen) atoms. The third-order valence-corrected chi connectivity index (χ3v) is 5.29. The number of hydrogen-bond donors (Lipinski definition) is 0. The van der Waals surface area contributed by atoms with Crippen LogP contribution >= 0.6 is 0 Å². The van der Waals surface area contributed by atoms with Crippen molar-refractivity contribution in [2.75, 3.05) is 20.2 Å². The van der Waals surface area contributed by atoms with Gasteiger partial charge in [-0.25, -0.2) is 4.79 Å². The molecule has 0 N–H and O–H groups in total. The summed E-state index contributed by atoms with van der Waals surface area (Å²) in [5, 5.41) is 0. The molecule has 6 heteroatoms. The van der Waals surface area contributed by atoms with Crippen molar-refractivity contribution in [1.82, 2.24) is 9.47 Å². The lowest BCUT2D eigenvalue weighted by molar-refractivity contribution is 0.104. The van der Waals surface area contributed by atoms with Crippen LogP contribution in [-0.4, -0.2) is 35.4 Å². The first-order valence-electron chi connectivity index (χ1n) is 9.86. The molecule has 0 bridgehead atoms. The molecule has 1 aromatic heterocycles. The summed E-state index contributed by atoms with van der Waals surface area (Å²) in [5.41, 5.74) is 2.55. The van der Waals surface area contributed by atoms with E-state index in [4.69, 9.17) is 9.15 Å². The van der Waals surface area contributed by atoms with E-state index in [0.717, 1.165) is 42.8 Å². The number of carbonyl (C=O) groups is 1. The minimum Gasteiger partial charge on any atom is -0.497 e. The third-order valence-electron chi connectivity index (χ3n) is 5.29. The maximum absolute atomic E-state index is 12.5. The van der Waals surface area contributed by atoms with Gasteiger partial charge in [0.1, 0.15) is 5.75 Å². The minimum absolute atomic E-state index is 0.144. The van der Waals surface area contributed by atoms with Gasteiger partial charge in [-0.3, -0.25) is 14.3 Å². The van der Waals surface area contributed by atoms with Gasteiger partial charge in [-0.1, -0.05) is 24.6 Å². The Balaban J connectivity index is 1.52. The summed E-state index contributed by atoms with van der Waals surface area (Å²) in [6, 6.07) is 12.6. The standard InChI is InChI=1S/C23H24N2O4/c1-28-19-9-5-17(6-10-19)7-12-21(26)18-8-11-20-22(15-18)29-23(27)25(20)16-24-13-3-2-4-14-24/h5-12,15H,2-4,13-14,16H2,1H3/b12-7+. The zero-order valence-electron chi connectivity index (χ0n) is 16.5. The van der Waals surface area contributed by atoms with E-state index < -0.39 is 0 Å². The Hall–Kier alpha value is -3.12. The second-order valence-electron chi connectivity index (χ2n) is 7.27. The van der Waals surface area contributed by atoms with Gasteiger partial charge in [0.2, 0.25) is 0 Å². The maximum atomic E-state index is 12.5. The number of hydrogen-bond acceptors (Lipinski definition) is 5. The van der Waals surface area contributed by atoms with Crippen LogP contribution in [0.3, 0.4) is 0 Å². The normalized spacial score (nSPS) is 15.2. The molecule has 0 amide bonds. The fourth-order valence-electron chi connectivity index (χ4n) is 3.64. The van der Waals surface area contributed by atoms with E-state index in [1.807, 2.05) is 24.3 Å². The van der Waals surface area contributed by atoms with Crippen molar-refractivity contribution >= 4 is 23.0 Å². The van der Waals surface area contributed by atoms with Crippen molar-refractivity contribution in [3.8, 4) is 5.75 Å². The van der Waals surface area contributed by atoms with Gasteiger partial charge in [-0.2, -0.15) is 0 Å². The van der Waals surface area contributed by atoms with Crippen LogP contribution < -0.4 is 10.5 Å². The van der Waals surface area contributed by atoms with E-state index in [-0.39, 0.29) is 11.5 Å². The maximum Gasteiger partial charge on any atom is 0.421 e. The van der Waals surface area contributed by atoms with Crippen LogP contribution in [0.1, 0.15) is 35.2 Å². The number of oxazole rings is 1. The molecule has 0 spiro atoms. The molecule has 0 saturated carbocycles. The molecule has 0 aliphatic carbocycles. The van der Waals surface area contributed by atoms with Gasteiger partial charge in [0.05, 0.1) is 19.3 Å². The summed E-state index contributed by atoms with van der Waals surface area (Å²) in [4.78, 5) is 27.1. The summed E-state index contributed by atoms with van der Waals surface area (Å²) in [6.07, 6.45) is 6.83. The predicted molar refractivity (Wildman–Crippen MR) is 112 cm³/mol. The first-order chi connectivity index (χ1) is 14.1. The highest BCUT2D eigenvalue weighted by Gasteiger charge is 2.16. The first kappa shape index (κ1) is 19.2. The Morgan fingerprint density at radius 3 is 2.59 bits per heavy atom. The van der Waals surface area contributed by atoms with Gasteiger partial charge in [0.25, 0.3) is 0 Å². The number of rotatable bonds is 6. The fourth-order valence-corrected chi connectivity index (χ4v) is 3.64. The Kier molecular flexibility index (Phi) is 5.62. The first-order valence-corrected chi connectivity index (χ1v) is 9.86. The van der Waals surface area contributed by atoms with E-state index in [2.05, 4.69) is 4.90 Å². The second kappa shape index (κ2) is 8.49. The van der Waals surface area contributed by atoms with Crippen LogP contribution in [0.2, 0.25) is 0 Å². The Bertz CT molecular complexity index is 1090. The van der Waals surface area contributed by atoms with Gasteiger partial charge in [0, 0.05) is 5.56 Å². The number of piperidine rings is 1. The fraction of sp³-hybridized carbons (Fsp3) is 0.304. The molecule has 1 aliphatic heterocycles. The number of allylic oxidation sites excluding steroid dienone is 1. The van der Waals surface area contributed by atoms with Crippen LogP contribution in [0.5, 0.6) is 5.75 Å². The highest BCUT2D eigenvalue weighted by molar-refractivity contribution is 6.08. The van der Waals surface area contributed by atoms with E-state index >= 15 is 0 Å². The van der Waals surface area contributed by atoms with E-state index in [1.165, 1.54) is 12.5 Å². The average molecular weight is 392 g/mol. The third kappa shape index (κ3) is 4.32. The van der Waals surface area contributed by atoms with Crippen molar-refractivity contribution in [2.45, 2.75) is 25.9 Å². The number of ketones is 1. The number of methoxy groups -OCH3 is 1. The molecule has 2 heterocycles. The molecular formula is C23H24N2O4. The topological polar surface area (TPSA) is 64.7 Å². The summed E-state index contributed by atoms with van der Waals surface area (Å²) >= 11 is 0. The number of fused-ring (bicyclic) bond motifs is 1. The largest absolute Gasteiger partial charge is 0.497 e. The van der Waals surface area contributed by atoms with Gasteiger partial charge in [-0.15, -0.1) is 0 Å². The summed E-state index contributed by atoms with van der Waals surface area (Å²) in [5.74, 6) is 0.237. The van der Waals surface area contributed by atoms with Crippen molar-refractivity contribution < 1.29 is 13.9 Å². The SMILES string of the molecule is COc1ccc(/C=C/C(=O)c2ccc3c(c2)oc(=O)n3CN2CCCCC2)cc1. The molecule has 150 valence electrons. The van der Waals surface area contributed by atoms with E-state index in [0.29, 0.717) is 17.8 Å². The molecule has 0 unspecified atom stereocenters. The summed E-state index contributed by atoms with van der Waals surface area (Å²) in [6.45, 7) is 2.51. The predicted octanol–water partition coefficient (Wildman–Crippen LogP) is 3.94. The Labute approximate surface area is 169 Å². The van der Waals surface area contributed by atoms with Crippen molar-refractivity contribution in [3.05, 3.63) is 70.2 Å². The average Bonchev–Trinajstić information content (AvgIpc) is 3.07. The molecule has 1 saturated heterocycles. The molecule has 2 aromatic carbocycles. The van der Waals surface area contributed by atoms with Crippen molar-refractivity contribution in [1.29, 1.82) is 0 Å². The van der Waals surface area contributed by atoms with E-state index in [1.54, 1.807) is 36.0 Å². The number of ether oxygens (including phenoxy) is 1. The highest BCUT2D eigenvalue weighted by atomic mass is 16.5. The van der Waals surface area contributed by atoms with Crippen molar-refractivity contribution in [2.24, 2.45) is 0 Å². The lowest BCUT2D eigenvalue weighted by Gasteiger charge is -2.26. The van der Waals surface area contributed by atoms with Crippen LogP contribution in [0.15, 0.2) is 57.8 Å². The molecule has 1 fully saturated rings. The number of aromatic nitrogens is 1. The van der Waals surface area contributed by atoms with Gasteiger partial charge in [-0.05, 0) is 67.9 Å². The van der Waals surface area contributed by atoms with Crippen LogP contribution in [0.4, 0.5) is 0 Å². The quantitative estimate of drug-likeness (QED) is 0.470. The molecule has 0 radical (unpaired) electrons. The zero-order chi connectivity index (χ0) is 20.2. The van der Waals surface area contributed by atoms with Crippen LogP contribution in [0, 0.1) is 0 Å². The molecule has 6 nitrogen and oxygen atoms in total. The Morgan fingerprint density at radius 1 is 1.10 bits per heavy atom. The number of likely N-dealkylation sites (tertiary alicyclic amines) is 1. The van der Waals surface area contributed by atoms with Crippen LogP contribution in [0.25, 0.3) is 17.2 Å². The van der Waals surface area contributed by atoms with Gasteiger partial charge >= 0.3 is 5.76 Å². The monoisotopic (exact) mass is 392 g/mol. The molecule has 4 rings (SSSR count). The number of benzene rings is 2. The number of carbonyl (C=O) groups excluding carboxylic acids is 1. The molecule has 3 aromatic rings. The smallest absolute Gasteiger partial charge is 0.421 e. The van der Waals surface area contributed by atoms with E-state index in [9.17, 15) is 9.59 Å². The van der Waals surface area contributed by atoms with Crippen molar-refractivity contribution in [3.63, 3.8) is 0 Å². The second-order valence-corrected chi connectivity index (χ2v) is 7.27. The molecule has 1 aliphatic rings. The lowest BCUT2D eigenvalue weighted by atomic mass is 10.1. The number of nitrogens with zero attached hydrogens (tertiary/aromatic N) is 2. The van der Waals surface area contributed by atoms with Crippen LogP contribution in [-0.2, 0) is 6.67 Å². The lowest BCUT2D eigenvalue weighted by Crippen LogP contribution is -2.34. The molecular weight excluding hydrogens is 368 g/mol.